The molecule has 0 aromatic heterocycles. The lowest BCUT2D eigenvalue weighted by Gasteiger charge is -2.30. The van der Waals surface area contributed by atoms with Crippen LogP contribution in [0.3, 0.4) is 0 Å². The molecule has 2 heteroatoms. The van der Waals surface area contributed by atoms with Crippen molar-refractivity contribution in [3.05, 3.63) is 230 Å². The van der Waals surface area contributed by atoms with Gasteiger partial charge < -0.3 is 9.80 Å². The van der Waals surface area contributed by atoms with Crippen LogP contribution in [0.1, 0.15) is 25.7 Å². The molecular formula is C58H44N2. The van der Waals surface area contributed by atoms with Crippen LogP contribution in [-0.2, 0) is 0 Å². The van der Waals surface area contributed by atoms with Crippen LogP contribution >= 0.6 is 0 Å². The van der Waals surface area contributed by atoms with Crippen molar-refractivity contribution in [2.75, 3.05) is 9.80 Å². The summed E-state index contributed by atoms with van der Waals surface area (Å²) in [5.41, 5.74) is 12.0. The van der Waals surface area contributed by atoms with E-state index in [2.05, 4.69) is 228 Å². The van der Waals surface area contributed by atoms with Crippen molar-refractivity contribution in [1.29, 1.82) is 0 Å². The molecule has 0 unspecified atom stereocenters. The van der Waals surface area contributed by atoms with Crippen molar-refractivity contribution in [2.24, 2.45) is 0 Å². The maximum absolute atomic E-state index is 2.46. The quantitative estimate of drug-likeness (QED) is 0.142. The highest BCUT2D eigenvalue weighted by molar-refractivity contribution is 6.23. The zero-order valence-corrected chi connectivity index (χ0v) is 33.5. The van der Waals surface area contributed by atoms with Crippen LogP contribution in [0.2, 0.25) is 0 Å². The number of fused-ring (bicyclic) bond motifs is 4. The number of nitrogens with zero attached hydrogens (tertiary/aromatic N) is 2. The molecule has 0 aliphatic heterocycles. The Hall–Kier alpha value is -7.42. The van der Waals surface area contributed by atoms with E-state index in [0.717, 1.165) is 48.4 Å². The summed E-state index contributed by atoms with van der Waals surface area (Å²) in [5, 5.41) is 9.88. The van der Waals surface area contributed by atoms with Crippen LogP contribution in [0, 0.1) is 0 Å². The molecule has 2 nitrogen and oxygen atoms in total. The standard InChI is InChI=1S/C58H44N2/c1-5-21-47(22-6-1)59(48-23-7-2-8-24-48)51-33-35-53-55(39-51)57(45-31-29-41-17-13-15-19-43(41)37-45)54-36-34-52(60(49-25-9-3-10-26-49)50-27-11-4-12-28-50)40-56(54)58(53)46-32-30-42-18-14-16-20-44(42)38-46/h1-3,5-7,9-11,13-23,25-40H,4,8,12,24H2. The van der Waals surface area contributed by atoms with Crippen molar-refractivity contribution in [2.45, 2.75) is 25.7 Å². The Balaban J connectivity index is 1.25. The number of hydrogen-bond acceptors (Lipinski definition) is 2. The van der Waals surface area contributed by atoms with Crippen molar-refractivity contribution in [3.63, 3.8) is 0 Å². The van der Waals surface area contributed by atoms with Gasteiger partial charge in [-0.05, 0) is 164 Å². The largest absolute Gasteiger partial charge is 0.314 e. The minimum Gasteiger partial charge on any atom is -0.314 e. The molecule has 0 amide bonds. The van der Waals surface area contributed by atoms with Crippen molar-refractivity contribution in [1.82, 2.24) is 0 Å². The second kappa shape index (κ2) is 15.4. The van der Waals surface area contributed by atoms with Gasteiger partial charge in [0.15, 0.2) is 0 Å². The molecule has 286 valence electrons. The fourth-order valence-corrected chi connectivity index (χ4v) is 9.42. The van der Waals surface area contributed by atoms with Gasteiger partial charge in [-0.15, -0.1) is 0 Å². The molecule has 0 N–H and O–H groups in total. The third-order valence-electron chi connectivity index (χ3n) is 12.2. The summed E-state index contributed by atoms with van der Waals surface area (Å²) >= 11 is 0. The van der Waals surface area contributed by atoms with E-state index >= 15 is 0 Å². The van der Waals surface area contributed by atoms with Gasteiger partial charge in [0.05, 0.1) is 0 Å². The zero-order valence-electron chi connectivity index (χ0n) is 33.5. The minimum atomic E-state index is 0.980. The Morgan fingerprint density at radius 1 is 0.367 bits per heavy atom. The molecule has 2 aliphatic carbocycles. The molecule has 0 saturated heterocycles. The highest BCUT2D eigenvalue weighted by Gasteiger charge is 2.23. The predicted molar refractivity (Wildman–Crippen MR) is 257 cm³/mol. The van der Waals surface area contributed by atoms with E-state index in [0.29, 0.717) is 0 Å². The Bertz CT molecular complexity index is 3200. The number of anilines is 4. The van der Waals surface area contributed by atoms with E-state index in [9.17, 15) is 0 Å². The van der Waals surface area contributed by atoms with E-state index in [4.69, 9.17) is 0 Å². The summed E-state index contributed by atoms with van der Waals surface area (Å²) in [6, 6.07) is 67.4. The third kappa shape index (κ3) is 6.47. The summed E-state index contributed by atoms with van der Waals surface area (Å²) < 4.78 is 0. The lowest BCUT2D eigenvalue weighted by molar-refractivity contribution is 0.918. The SMILES string of the molecule is C1=CCCC(N(c2ccccc2)c2ccc3c(-c4ccc5ccccc5c4)c4cc(N(C5=CCCC=C5)c5ccccc5)ccc4c(-c4ccc5ccccc5c4)c3c2)=C1. The first-order valence-corrected chi connectivity index (χ1v) is 21.2. The van der Waals surface area contributed by atoms with Crippen LogP contribution < -0.4 is 9.80 Å². The van der Waals surface area contributed by atoms with Crippen molar-refractivity contribution >= 4 is 65.8 Å². The summed E-state index contributed by atoms with van der Waals surface area (Å²) in [4.78, 5) is 4.88. The van der Waals surface area contributed by atoms with Crippen LogP contribution in [-0.4, -0.2) is 0 Å². The highest BCUT2D eigenvalue weighted by Crippen LogP contribution is 2.48. The van der Waals surface area contributed by atoms with Gasteiger partial charge >= 0.3 is 0 Å². The van der Waals surface area contributed by atoms with Gasteiger partial charge in [-0.1, -0.05) is 146 Å². The lowest BCUT2D eigenvalue weighted by Crippen LogP contribution is -2.17. The second-order valence-corrected chi connectivity index (χ2v) is 15.9. The normalized spacial score (nSPS) is 13.8. The monoisotopic (exact) mass is 768 g/mol. The number of allylic oxidation sites excluding steroid dienone is 7. The van der Waals surface area contributed by atoms with Crippen LogP contribution in [0.5, 0.6) is 0 Å². The van der Waals surface area contributed by atoms with Gasteiger partial charge in [-0.25, -0.2) is 0 Å². The molecule has 0 fully saturated rings. The first-order valence-electron chi connectivity index (χ1n) is 21.2. The topological polar surface area (TPSA) is 6.48 Å². The third-order valence-corrected chi connectivity index (χ3v) is 12.2. The predicted octanol–water partition coefficient (Wildman–Crippen LogP) is 16.4. The Kier molecular flexibility index (Phi) is 9.17. The van der Waals surface area contributed by atoms with Gasteiger partial charge in [0.25, 0.3) is 0 Å². The molecule has 9 aromatic rings. The van der Waals surface area contributed by atoms with Gasteiger partial charge in [0.2, 0.25) is 0 Å². The second-order valence-electron chi connectivity index (χ2n) is 15.9. The molecule has 9 aromatic carbocycles. The fourth-order valence-electron chi connectivity index (χ4n) is 9.42. The van der Waals surface area contributed by atoms with Gasteiger partial charge in [-0.3, -0.25) is 0 Å². The Morgan fingerprint density at radius 2 is 0.900 bits per heavy atom. The first-order chi connectivity index (χ1) is 29.8. The van der Waals surface area contributed by atoms with E-state index in [1.54, 1.807) is 0 Å². The van der Waals surface area contributed by atoms with E-state index in [-0.39, 0.29) is 0 Å². The lowest BCUT2D eigenvalue weighted by atomic mass is 9.84. The van der Waals surface area contributed by atoms with Crippen LogP contribution in [0.25, 0.3) is 65.3 Å². The molecule has 60 heavy (non-hydrogen) atoms. The first kappa shape index (κ1) is 35.7. The fraction of sp³-hybridized carbons (Fsp3) is 0.0690. The molecule has 0 bridgehead atoms. The smallest absolute Gasteiger partial charge is 0.0468 e. The zero-order chi connectivity index (χ0) is 39.8. The molecule has 0 atom stereocenters. The number of benzene rings is 9. The molecule has 11 rings (SSSR count). The van der Waals surface area contributed by atoms with E-state index < -0.39 is 0 Å². The maximum atomic E-state index is 2.46. The molecule has 0 heterocycles. The van der Waals surface area contributed by atoms with Crippen molar-refractivity contribution < 1.29 is 0 Å². The summed E-state index contributed by atoms with van der Waals surface area (Å²) in [5.74, 6) is 0. The molecule has 0 saturated carbocycles. The van der Waals surface area contributed by atoms with E-state index in [1.807, 2.05) is 0 Å². The maximum Gasteiger partial charge on any atom is 0.0468 e. The number of para-hydroxylation sites is 2. The van der Waals surface area contributed by atoms with Crippen molar-refractivity contribution in [3.8, 4) is 22.3 Å². The Labute approximate surface area is 352 Å². The molecule has 0 radical (unpaired) electrons. The van der Waals surface area contributed by atoms with Crippen LogP contribution in [0.15, 0.2) is 230 Å². The summed E-state index contributed by atoms with van der Waals surface area (Å²) in [6.45, 7) is 0. The van der Waals surface area contributed by atoms with Gasteiger partial charge in [0.1, 0.15) is 0 Å². The van der Waals surface area contributed by atoms with E-state index in [1.165, 1.54) is 76.7 Å². The van der Waals surface area contributed by atoms with Gasteiger partial charge in [-0.2, -0.15) is 0 Å². The summed E-state index contributed by atoms with van der Waals surface area (Å²) in [6.07, 6.45) is 17.8. The molecular weight excluding hydrogens is 725 g/mol. The average molecular weight is 769 g/mol. The average Bonchev–Trinajstić information content (AvgIpc) is 3.32. The van der Waals surface area contributed by atoms with Gasteiger partial charge in [0, 0.05) is 34.1 Å². The number of rotatable bonds is 8. The summed E-state index contributed by atoms with van der Waals surface area (Å²) in [7, 11) is 0. The highest BCUT2D eigenvalue weighted by atomic mass is 15.2. The van der Waals surface area contributed by atoms with Crippen LogP contribution in [0.4, 0.5) is 22.7 Å². The number of hydrogen-bond donors (Lipinski definition) is 0. The minimum absolute atomic E-state index is 0.980. The Morgan fingerprint density at radius 3 is 1.43 bits per heavy atom. The molecule has 2 aliphatic rings. The molecule has 0 spiro atoms.